The molecule has 1 aliphatic rings. The van der Waals surface area contributed by atoms with Gasteiger partial charge in [-0.25, -0.2) is 0 Å². The van der Waals surface area contributed by atoms with Gasteiger partial charge in [0.2, 0.25) is 5.69 Å². The summed E-state index contributed by atoms with van der Waals surface area (Å²) in [6, 6.07) is 8.28. The van der Waals surface area contributed by atoms with Crippen LogP contribution in [0, 0.1) is 0 Å². The molecule has 0 fully saturated rings. The summed E-state index contributed by atoms with van der Waals surface area (Å²) in [7, 11) is 0. The van der Waals surface area contributed by atoms with Crippen molar-refractivity contribution in [3.8, 4) is 0 Å². The fourth-order valence-corrected chi connectivity index (χ4v) is 2.37. The summed E-state index contributed by atoms with van der Waals surface area (Å²) in [5, 5.41) is 9.81. The lowest BCUT2D eigenvalue weighted by atomic mass is 9.82. The largest absolute Gasteiger partial charge is 1.00 e. The van der Waals surface area contributed by atoms with Crippen LogP contribution in [0.5, 0.6) is 0 Å². The lowest BCUT2D eigenvalue weighted by molar-refractivity contribution is -0.530. The summed E-state index contributed by atoms with van der Waals surface area (Å²) in [6.45, 7) is 8.29. The highest BCUT2D eigenvalue weighted by Crippen LogP contribution is 2.39. The minimum absolute atomic E-state index is 0. The van der Waals surface area contributed by atoms with E-state index in [2.05, 4.69) is 39.0 Å². The van der Waals surface area contributed by atoms with Crippen molar-refractivity contribution in [2.75, 3.05) is 0 Å². The lowest BCUT2D eigenvalue weighted by Crippen LogP contribution is -3.00. The summed E-state index contributed by atoms with van der Waals surface area (Å²) in [6.07, 6.45) is -0.465. The Kier molecular flexibility index (Phi) is 3.80. The molecule has 2 rings (SSSR count). The van der Waals surface area contributed by atoms with E-state index in [9.17, 15) is 5.11 Å². The quantitative estimate of drug-likeness (QED) is 0.541. The van der Waals surface area contributed by atoms with Gasteiger partial charge in [-0.15, -0.1) is 0 Å². The van der Waals surface area contributed by atoms with Gasteiger partial charge < -0.3 is 29.1 Å². The third kappa shape index (κ3) is 1.80. The van der Waals surface area contributed by atoms with Crippen molar-refractivity contribution in [1.29, 1.82) is 0 Å². The molecule has 1 N–H and O–H groups in total. The fourth-order valence-electron chi connectivity index (χ4n) is 2.37. The zero-order chi connectivity index (χ0) is 11.2. The molecular weight excluding hydrogens is 313 g/mol. The van der Waals surface area contributed by atoms with Crippen LogP contribution in [0.15, 0.2) is 24.3 Å². The van der Waals surface area contributed by atoms with E-state index in [-0.39, 0.29) is 29.4 Å². The maximum Gasteiger partial charge on any atom is 0.257 e. The molecular formula is C13H18INO. The summed E-state index contributed by atoms with van der Waals surface area (Å²) in [5.74, 6) is 0. The summed E-state index contributed by atoms with van der Waals surface area (Å²) >= 11 is 0. The molecule has 2 nitrogen and oxygen atoms in total. The van der Waals surface area contributed by atoms with Crippen LogP contribution in [-0.2, 0) is 5.41 Å². The molecule has 0 radical (unpaired) electrons. The molecule has 0 saturated carbocycles. The maximum atomic E-state index is 9.81. The number of fused-ring (bicyclic) bond motifs is 1. The molecule has 0 spiro atoms. The summed E-state index contributed by atoms with van der Waals surface area (Å²) in [5.41, 5.74) is 3.66. The monoisotopic (exact) mass is 331 g/mol. The first-order chi connectivity index (χ1) is 6.96. The van der Waals surface area contributed by atoms with Gasteiger partial charge in [0.1, 0.15) is 0 Å². The van der Waals surface area contributed by atoms with E-state index in [1.807, 2.05) is 17.6 Å². The molecule has 3 heteroatoms. The molecule has 0 saturated heterocycles. The van der Waals surface area contributed by atoms with Crippen LogP contribution in [0.2, 0.25) is 0 Å². The van der Waals surface area contributed by atoms with Gasteiger partial charge in [-0.05, 0) is 13.8 Å². The third-order valence-electron chi connectivity index (χ3n) is 3.48. The van der Waals surface area contributed by atoms with E-state index in [4.69, 9.17) is 0 Å². The minimum atomic E-state index is -0.465. The van der Waals surface area contributed by atoms with Crippen LogP contribution < -0.4 is 24.0 Å². The highest BCUT2D eigenvalue weighted by atomic mass is 127. The highest BCUT2D eigenvalue weighted by molar-refractivity contribution is 5.93. The van der Waals surface area contributed by atoms with Crippen molar-refractivity contribution in [2.24, 2.45) is 0 Å². The summed E-state index contributed by atoms with van der Waals surface area (Å²) < 4.78 is 2.01. The van der Waals surface area contributed by atoms with E-state index in [1.165, 1.54) is 11.3 Å². The molecule has 0 aliphatic carbocycles. The van der Waals surface area contributed by atoms with Crippen molar-refractivity contribution in [1.82, 2.24) is 0 Å². The zero-order valence-electron chi connectivity index (χ0n) is 10.2. The smallest absolute Gasteiger partial charge is 0.257 e. The van der Waals surface area contributed by atoms with E-state index in [1.54, 1.807) is 0 Å². The Balaban J connectivity index is 0.00000128. The van der Waals surface area contributed by atoms with E-state index >= 15 is 0 Å². The first kappa shape index (κ1) is 13.6. The SMILES string of the molecule is CC1=[N+](C(C)O)c2ccccc2C1(C)C.[I-]. The Morgan fingerprint density at radius 3 is 2.38 bits per heavy atom. The van der Waals surface area contributed by atoms with Gasteiger partial charge in [0.25, 0.3) is 6.23 Å². The number of nitrogens with zero attached hydrogens (tertiary/aromatic N) is 1. The average Bonchev–Trinajstić information content (AvgIpc) is 2.36. The number of halogens is 1. The van der Waals surface area contributed by atoms with Crippen molar-refractivity contribution in [3.63, 3.8) is 0 Å². The second-order valence-electron chi connectivity index (χ2n) is 4.73. The highest BCUT2D eigenvalue weighted by Gasteiger charge is 2.44. The molecule has 0 amide bonds. The number of hydrogen-bond donors (Lipinski definition) is 1. The summed E-state index contributed by atoms with van der Waals surface area (Å²) in [4.78, 5) is 0. The minimum Gasteiger partial charge on any atom is -1.00 e. The predicted octanol–water partition coefficient (Wildman–Crippen LogP) is -0.575. The van der Waals surface area contributed by atoms with Gasteiger partial charge in [0, 0.05) is 25.5 Å². The molecule has 1 atom stereocenters. The molecule has 1 aromatic rings. The Bertz CT molecular complexity index is 435. The number of aliphatic hydroxyl groups excluding tert-OH is 1. The number of aliphatic hydroxyl groups is 1. The normalized spacial score (nSPS) is 19.1. The van der Waals surface area contributed by atoms with E-state index < -0.39 is 6.23 Å². The van der Waals surface area contributed by atoms with Crippen molar-refractivity contribution in [3.05, 3.63) is 29.8 Å². The van der Waals surface area contributed by atoms with Gasteiger partial charge in [-0.1, -0.05) is 18.2 Å². The molecule has 1 aliphatic heterocycles. The first-order valence-electron chi connectivity index (χ1n) is 5.37. The molecule has 88 valence electrons. The average molecular weight is 331 g/mol. The van der Waals surface area contributed by atoms with Crippen LogP contribution >= 0.6 is 0 Å². The maximum absolute atomic E-state index is 9.81. The molecule has 1 aromatic carbocycles. The molecule has 1 unspecified atom stereocenters. The second kappa shape index (κ2) is 4.45. The van der Waals surface area contributed by atoms with Crippen molar-refractivity contribution >= 4 is 11.4 Å². The van der Waals surface area contributed by atoms with Gasteiger partial charge in [-0.3, -0.25) is 0 Å². The van der Waals surface area contributed by atoms with Crippen LogP contribution in [0.3, 0.4) is 0 Å². The van der Waals surface area contributed by atoms with Crippen LogP contribution in [0.4, 0.5) is 5.69 Å². The molecule has 16 heavy (non-hydrogen) atoms. The van der Waals surface area contributed by atoms with Gasteiger partial charge in [0.15, 0.2) is 5.71 Å². The molecule has 0 aromatic heterocycles. The second-order valence-corrected chi connectivity index (χ2v) is 4.73. The number of benzene rings is 1. The Morgan fingerprint density at radius 1 is 1.25 bits per heavy atom. The Hall–Kier alpha value is -0.420. The number of rotatable bonds is 1. The number of hydrogen-bond acceptors (Lipinski definition) is 1. The molecule has 0 bridgehead atoms. The number of para-hydroxylation sites is 1. The van der Waals surface area contributed by atoms with E-state index in [0.29, 0.717) is 0 Å². The molecule has 1 heterocycles. The van der Waals surface area contributed by atoms with Crippen LogP contribution in [-0.4, -0.2) is 21.6 Å². The standard InChI is InChI=1S/C13H18NO.HI/c1-9-13(3,4)11-7-5-6-8-12(11)14(9)10(2)15;/h5-8,10,15H,1-4H3;1H/q+1;/p-1. The van der Waals surface area contributed by atoms with Crippen LogP contribution in [0.1, 0.15) is 33.3 Å². The van der Waals surface area contributed by atoms with Gasteiger partial charge >= 0.3 is 0 Å². The van der Waals surface area contributed by atoms with E-state index in [0.717, 1.165) is 5.69 Å². The topological polar surface area (TPSA) is 23.2 Å². The third-order valence-corrected chi connectivity index (χ3v) is 3.48. The van der Waals surface area contributed by atoms with Crippen molar-refractivity contribution in [2.45, 2.75) is 39.3 Å². The fraction of sp³-hybridized carbons (Fsp3) is 0.462. The van der Waals surface area contributed by atoms with Gasteiger partial charge in [-0.2, -0.15) is 4.58 Å². The van der Waals surface area contributed by atoms with Gasteiger partial charge in [0.05, 0.1) is 5.41 Å². The Labute approximate surface area is 114 Å². The Morgan fingerprint density at radius 2 is 1.81 bits per heavy atom. The predicted molar refractivity (Wildman–Crippen MR) is 61.8 cm³/mol. The van der Waals surface area contributed by atoms with Crippen LogP contribution in [0.25, 0.3) is 0 Å². The lowest BCUT2D eigenvalue weighted by Gasteiger charge is -2.14. The first-order valence-corrected chi connectivity index (χ1v) is 5.37. The van der Waals surface area contributed by atoms with Crippen molar-refractivity contribution < 1.29 is 33.7 Å². The zero-order valence-corrected chi connectivity index (χ0v) is 12.3.